The molecule has 1 aromatic rings. The van der Waals surface area contributed by atoms with E-state index in [1.165, 1.54) is 6.92 Å². The highest BCUT2D eigenvalue weighted by atomic mass is 35.5. The summed E-state index contributed by atoms with van der Waals surface area (Å²) in [5.41, 5.74) is 0.739. The molecule has 1 aromatic carbocycles. The first-order valence-electron chi connectivity index (χ1n) is 5.75. The summed E-state index contributed by atoms with van der Waals surface area (Å²) in [5, 5.41) is 3.66. The fourth-order valence-corrected chi connectivity index (χ4v) is 3.95. The number of halogens is 1. The number of hydrogen-bond donors (Lipinski definition) is 1. The van der Waals surface area contributed by atoms with Crippen LogP contribution in [0.1, 0.15) is 6.92 Å². The van der Waals surface area contributed by atoms with Crippen LogP contribution in [0.3, 0.4) is 0 Å². The van der Waals surface area contributed by atoms with Crippen molar-refractivity contribution in [1.82, 2.24) is 0 Å². The molecule has 5 nitrogen and oxygen atoms in total. The van der Waals surface area contributed by atoms with Crippen LogP contribution in [0, 0.1) is 0 Å². The fourth-order valence-electron chi connectivity index (χ4n) is 2.04. The zero-order valence-electron chi connectivity index (χ0n) is 10.3. The molecule has 19 heavy (non-hydrogen) atoms. The predicted molar refractivity (Wildman–Crippen MR) is 73.1 cm³/mol. The minimum atomic E-state index is -3.18. The lowest BCUT2D eigenvalue weighted by atomic mass is 10.2. The molecule has 0 spiro atoms. The van der Waals surface area contributed by atoms with Gasteiger partial charge in [-0.2, -0.15) is 0 Å². The predicted octanol–water partition coefficient (Wildman–Crippen LogP) is 1.48. The first-order chi connectivity index (χ1) is 8.85. The molecule has 1 aliphatic rings. The van der Waals surface area contributed by atoms with Gasteiger partial charge in [0.15, 0.2) is 9.84 Å². The summed E-state index contributed by atoms with van der Waals surface area (Å²) >= 11 is 5.78. The summed E-state index contributed by atoms with van der Waals surface area (Å²) < 4.78 is 28.3. The van der Waals surface area contributed by atoms with Crippen LogP contribution in [0.4, 0.5) is 5.69 Å². The Bertz CT molecular complexity index is 570. The number of benzene rings is 1. The number of anilines is 1. The average molecular weight is 304 g/mol. The standard InChI is InChI=1S/C12H14ClNO4S/c1-8(15)18-12-7-19(16,17)6-11(12)14-10-4-2-9(13)3-5-10/h2-5,11-12,14H,6-7H2,1H3/t11-,12-/m1/s1. The molecule has 0 bridgehead atoms. The minimum Gasteiger partial charge on any atom is -0.459 e. The Morgan fingerprint density at radius 2 is 1.95 bits per heavy atom. The largest absolute Gasteiger partial charge is 0.459 e. The van der Waals surface area contributed by atoms with Gasteiger partial charge in [-0.3, -0.25) is 4.79 Å². The van der Waals surface area contributed by atoms with Crippen molar-refractivity contribution in [3.8, 4) is 0 Å². The number of carbonyl (C=O) groups excluding carboxylic acids is 1. The molecule has 0 amide bonds. The maximum Gasteiger partial charge on any atom is 0.303 e. The van der Waals surface area contributed by atoms with Gasteiger partial charge in [0.05, 0.1) is 17.5 Å². The lowest BCUT2D eigenvalue weighted by molar-refractivity contribution is -0.145. The van der Waals surface area contributed by atoms with Crippen LogP contribution >= 0.6 is 11.6 Å². The van der Waals surface area contributed by atoms with Gasteiger partial charge in [-0.15, -0.1) is 0 Å². The van der Waals surface area contributed by atoms with Gasteiger partial charge in [-0.1, -0.05) is 11.6 Å². The molecule has 0 saturated carbocycles. The third kappa shape index (κ3) is 3.84. The average Bonchev–Trinajstić information content (AvgIpc) is 2.55. The SMILES string of the molecule is CC(=O)O[C@@H]1CS(=O)(=O)C[C@H]1Nc1ccc(Cl)cc1. The van der Waals surface area contributed by atoms with E-state index in [2.05, 4.69) is 5.32 Å². The number of rotatable bonds is 3. The fraction of sp³-hybridized carbons (Fsp3) is 0.417. The first kappa shape index (κ1) is 14.1. The molecule has 104 valence electrons. The van der Waals surface area contributed by atoms with E-state index < -0.39 is 28.0 Å². The number of ether oxygens (including phenoxy) is 1. The lowest BCUT2D eigenvalue weighted by Crippen LogP contribution is -2.35. The van der Waals surface area contributed by atoms with E-state index in [9.17, 15) is 13.2 Å². The zero-order chi connectivity index (χ0) is 14.0. The third-order valence-electron chi connectivity index (χ3n) is 2.81. The molecule has 0 unspecified atom stereocenters. The van der Waals surface area contributed by atoms with E-state index >= 15 is 0 Å². The zero-order valence-corrected chi connectivity index (χ0v) is 11.9. The van der Waals surface area contributed by atoms with Crippen molar-refractivity contribution in [1.29, 1.82) is 0 Å². The van der Waals surface area contributed by atoms with Gasteiger partial charge < -0.3 is 10.1 Å². The summed E-state index contributed by atoms with van der Waals surface area (Å²) in [6.07, 6.45) is -0.654. The number of hydrogen-bond acceptors (Lipinski definition) is 5. The van der Waals surface area contributed by atoms with Crippen LogP contribution in [-0.2, 0) is 19.4 Å². The quantitative estimate of drug-likeness (QED) is 0.856. The molecule has 0 aliphatic carbocycles. The Labute approximate surface area is 116 Å². The van der Waals surface area contributed by atoms with Crippen LogP contribution in [0.15, 0.2) is 24.3 Å². The number of carbonyl (C=O) groups is 1. The minimum absolute atomic E-state index is 0.0480. The number of esters is 1. The van der Waals surface area contributed by atoms with Gasteiger partial charge in [0.25, 0.3) is 0 Å². The summed E-state index contributed by atoms with van der Waals surface area (Å²) in [7, 11) is -3.18. The van der Waals surface area contributed by atoms with Gasteiger partial charge in [0.2, 0.25) is 0 Å². The van der Waals surface area contributed by atoms with Crippen LogP contribution in [0.2, 0.25) is 5.02 Å². The maximum atomic E-state index is 11.6. The van der Waals surface area contributed by atoms with E-state index in [4.69, 9.17) is 16.3 Å². The molecule has 2 rings (SSSR count). The first-order valence-corrected chi connectivity index (χ1v) is 7.95. The van der Waals surface area contributed by atoms with Gasteiger partial charge in [0, 0.05) is 17.6 Å². The Balaban J connectivity index is 2.12. The second-order valence-corrected chi connectivity index (χ2v) is 7.07. The molecule has 1 N–H and O–H groups in total. The van der Waals surface area contributed by atoms with Crippen molar-refractivity contribution >= 4 is 33.1 Å². The van der Waals surface area contributed by atoms with E-state index in [1.54, 1.807) is 24.3 Å². The van der Waals surface area contributed by atoms with E-state index in [0.717, 1.165) is 5.69 Å². The Hall–Kier alpha value is -1.27. The molecule has 1 fully saturated rings. The van der Waals surface area contributed by atoms with Gasteiger partial charge in [-0.05, 0) is 24.3 Å². The van der Waals surface area contributed by atoms with Crippen molar-refractivity contribution in [3.63, 3.8) is 0 Å². The van der Waals surface area contributed by atoms with E-state index in [0.29, 0.717) is 5.02 Å². The molecular weight excluding hydrogens is 290 g/mol. The molecule has 2 atom stereocenters. The van der Waals surface area contributed by atoms with Gasteiger partial charge in [0.1, 0.15) is 6.10 Å². The highest BCUT2D eigenvalue weighted by Gasteiger charge is 2.39. The van der Waals surface area contributed by atoms with Crippen LogP contribution in [-0.4, -0.2) is 38.0 Å². The second kappa shape index (κ2) is 5.38. The Kier molecular flexibility index (Phi) is 4.01. The number of sulfone groups is 1. The molecule has 1 heterocycles. The topological polar surface area (TPSA) is 72.5 Å². The molecule has 0 aromatic heterocycles. The highest BCUT2D eigenvalue weighted by molar-refractivity contribution is 7.91. The van der Waals surface area contributed by atoms with Crippen LogP contribution in [0.5, 0.6) is 0 Å². The smallest absolute Gasteiger partial charge is 0.303 e. The Morgan fingerprint density at radius 3 is 2.53 bits per heavy atom. The summed E-state index contributed by atoms with van der Waals surface area (Å²) in [4.78, 5) is 11.0. The van der Waals surface area contributed by atoms with E-state index in [1.807, 2.05) is 0 Å². The van der Waals surface area contributed by atoms with Crippen molar-refractivity contribution < 1.29 is 17.9 Å². The van der Waals surface area contributed by atoms with Gasteiger partial charge in [-0.25, -0.2) is 8.42 Å². The van der Waals surface area contributed by atoms with Crippen LogP contribution in [0.25, 0.3) is 0 Å². The normalized spacial score (nSPS) is 24.9. The lowest BCUT2D eigenvalue weighted by Gasteiger charge is -2.20. The maximum absolute atomic E-state index is 11.6. The van der Waals surface area contributed by atoms with E-state index in [-0.39, 0.29) is 11.5 Å². The molecule has 1 aliphatic heterocycles. The second-order valence-electron chi connectivity index (χ2n) is 4.48. The van der Waals surface area contributed by atoms with Gasteiger partial charge >= 0.3 is 5.97 Å². The Morgan fingerprint density at radius 1 is 1.32 bits per heavy atom. The molecular formula is C12H14ClNO4S. The number of nitrogens with one attached hydrogen (secondary N) is 1. The summed E-state index contributed by atoms with van der Waals surface area (Å²) in [6.45, 7) is 1.27. The van der Waals surface area contributed by atoms with Crippen molar-refractivity contribution in [3.05, 3.63) is 29.3 Å². The third-order valence-corrected chi connectivity index (χ3v) is 4.77. The molecule has 7 heteroatoms. The summed E-state index contributed by atoms with van der Waals surface area (Å²) in [5.74, 6) is -0.671. The van der Waals surface area contributed by atoms with Crippen molar-refractivity contribution in [2.45, 2.75) is 19.1 Å². The van der Waals surface area contributed by atoms with Crippen molar-refractivity contribution in [2.75, 3.05) is 16.8 Å². The van der Waals surface area contributed by atoms with Crippen LogP contribution < -0.4 is 5.32 Å². The summed E-state index contributed by atoms with van der Waals surface area (Å²) in [6, 6.07) is 6.47. The molecule has 1 saturated heterocycles. The monoisotopic (exact) mass is 303 g/mol. The van der Waals surface area contributed by atoms with Crippen molar-refractivity contribution in [2.24, 2.45) is 0 Å². The molecule has 0 radical (unpaired) electrons. The highest BCUT2D eigenvalue weighted by Crippen LogP contribution is 2.21.